The summed E-state index contributed by atoms with van der Waals surface area (Å²) in [5.74, 6) is -1.31. The molecule has 0 saturated heterocycles. The van der Waals surface area contributed by atoms with Crippen LogP contribution in [0.2, 0.25) is 0 Å². The maximum absolute atomic E-state index is 13.0. The van der Waals surface area contributed by atoms with E-state index in [1.165, 1.54) is 12.1 Å². The Morgan fingerprint density at radius 3 is 2.33 bits per heavy atom. The highest BCUT2D eigenvalue weighted by atomic mass is 19.1. The van der Waals surface area contributed by atoms with Gasteiger partial charge >= 0.3 is 5.97 Å². The van der Waals surface area contributed by atoms with Crippen LogP contribution in [0.4, 0.5) is 4.39 Å². The minimum atomic E-state index is -1.21. The Labute approximate surface area is 123 Å². The molecule has 0 heterocycles. The third-order valence-electron chi connectivity index (χ3n) is 3.84. The molecule has 3 nitrogen and oxygen atoms in total. The van der Waals surface area contributed by atoms with Crippen molar-refractivity contribution >= 4 is 5.97 Å². The molecule has 21 heavy (non-hydrogen) atoms. The quantitative estimate of drug-likeness (QED) is 0.888. The normalized spacial score (nSPS) is 13.7. The molecule has 1 atom stereocenters. The number of hydrogen-bond donors (Lipinski definition) is 2. The second-order valence-corrected chi connectivity index (χ2v) is 5.21. The van der Waals surface area contributed by atoms with Gasteiger partial charge in [-0.2, -0.15) is 0 Å². The standard InChI is InChI=1S/C17H18FNO2/c1-12-4-2-3-5-15(12)17(11-19,16(20)21)10-13-6-8-14(18)9-7-13/h2-9H,10-11,19H2,1H3,(H,20,21). The maximum Gasteiger partial charge on any atom is 0.315 e. The van der Waals surface area contributed by atoms with Crippen molar-refractivity contribution in [1.82, 2.24) is 0 Å². The molecule has 110 valence electrons. The van der Waals surface area contributed by atoms with E-state index >= 15 is 0 Å². The summed E-state index contributed by atoms with van der Waals surface area (Å²) in [4.78, 5) is 11.9. The molecule has 0 aliphatic heterocycles. The van der Waals surface area contributed by atoms with E-state index in [-0.39, 0.29) is 18.8 Å². The van der Waals surface area contributed by atoms with E-state index < -0.39 is 11.4 Å². The van der Waals surface area contributed by atoms with Crippen LogP contribution in [0.5, 0.6) is 0 Å². The summed E-state index contributed by atoms with van der Waals surface area (Å²) in [7, 11) is 0. The Morgan fingerprint density at radius 2 is 1.81 bits per heavy atom. The minimum Gasteiger partial charge on any atom is -0.481 e. The number of carboxylic acid groups (broad SMARTS) is 1. The van der Waals surface area contributed by atoms with Crippen molar-refractivity contribution in [3.63, 3.8) is 0 Å². The van der Waals surface area contributed by atoms with Gasteiger partial charge in [-0.05, 0) is 42.2 Å². The van der Waals surface area contributed by atoms with Gasteiger partial charge in [0.05, 0.1) is 0 Å². The first-order valence-electron chi connectivity index (χ1n) is 6.73. The number of rotatable bonds is 5. The summed E-state index contributed by atoms with van der Waals surface area (Å²) in [5, 5.41) is 9.76. The molecule has 0 aromatic heterocycles. The lowest BCUT2D eigenvalue weighted by Gasteiger charge is -2.30. The first-order chi connectivity index (χ1) is 9.99. The van der Waals surface area contributed by atoms with Crippen LogP contribution in [-0.4, -0.2) is 17.6 Å². The predicted octanol–water partition coefficient (Wildman–Crippen LogP) is 2.66. The first kappa shape index (κ1) is 15.2. The smallest absolute Gasteiger partial charge is 0.315 e. The molecule has 0 fully saturated rings. The fourth-order valence-corrected chi connectivity index (χ4v) is 2.62. The molecule has 1 unspecified atom stereocenters. The zero-order chi connectivity index (χ0) is 15.5. The number of aryl methyl sites for hydroxylation is 1. The van der Waals surface area contributed by atoms with E-state index in [1.54, 1.807) is 24.3 Å². The number of carboxylic acids is 1. The SMILES string of the molecule is Cc1ccccc1C(CN)(Cc1ccc(F)cc1)C(=O)O. The van der Waals surface area contributed by atoms with Crippen molar-refractivity contribution in [1.29, 1.82) is 0 Å². The molecule has 0 amide bonds. The summed E-state index contributed by atoms with van der Waals surface area (Å²) >= 11 is 0. The molecule has 2 aromatic carbocycles. The molecule has 2 rings (SSSR count). The van der Waals surface area contributed by atoms with E-state index in [9.17, 15) is 14.3 Å². The van der Waals surface area contributed by atoms with Crippen LogP contribution >= 0.6 is 0 Å². The number of halogens is 1. The molecule has 3 N–H and O–H groups in total. The number of nitrogens with two attached hydrogens (primary N) is 1. The van der Waals surface area contributed by atoms with Gasteiger partial charge < -0.3 is 10.8 Å². The highest BCUT2D eigenvalue weighted by molar-refractivity contribution is 5.83. The Balaban J connectivity index is 2.50. The van der Waals surface area contributed by atoms with Gasteiger partial charge in [-0.15, -0.1) is 0 Å². The second-order valence-electron chi connectivity index (χ2n) is 5.21. The topological polar surface area (TPSA) is 63.3 Å². The van der Waals surface area contributed by atoms with E-state index in [1.807, 2.05) is 19.1 Å². The fourth-order valence-electron chi connectivity index (χ4n) is 2.62. The molecule has 0 radical (unpaired) electrons. The van der Waals surface area contributed by atoms with Crippen LogP contribution in [0.3, 0.4) is 0 Å². The highest BCUT2D eigenvalue weighted by Gasteiger charge is 2.40. The Bertz CT molecular complexity index is 639. The molecular formula is C17H18FNO2. The number of hydrogen-bond acceptors (Lipinski definition) is 2. The van der Waals surface area contributed by atoms with Crippen molar-refractivity contribution < 1.29 is 14.3 Å². The summed E-state index contributed by atoms with van der Waals surface area (Å²) in [6.45, 7) is 1.85. The van der Waals surface area contributed by atoms with E-state index in [4.69, 9.17) is 5.73 Å². The van der Waals surface area contributed by atoms with Gasteiger partial charge in [0.25, 0.3) is 0 Å². The lowest BCUT2D eigenvalue weighted by molar-refractivity contribution is -0.143. The van der Waals surface area contributed by atoms with Gasteiger partial charge in [0.1, 0.15) is 11.2 Å². The van der Waals surface area contributed by atoms with Crippen LogP contribution in [-0.2, 0) is 16.6 Å². The summed E-state index contributed by atoms with van der Waals surface area (Å²) < 4.78 is 13.0. The molecule has 0 aliphatic rings. The molecular weight excluding hydrogens is 269 g/mol. The van der Waals surface area contributed by atoms with Crippen molar-refractivity contribution in [3.05, 3.63) is 71.0 Å². The molecule has 0 aliphatic carbocycles. The highest BCUT2D eigenvalue weighted by Crippen LogP contribution is 2.30. The van der Waals surface area contributed by atoms with Crippen LogP contribution < -0.4 is 5.73 Å². The van der Waals surface area contributed by atoms with Crippen molar-refractivity contribution in [2.24, 2.45) is 5.73 Å². The second kappa shape index (κ2) is 6.06. The van der Waals surface area contributed by atoms with Gasteiger partial charge in [0.15, 0.2) is 0 Å². The zero-order valence-corrected chi connectivity index (χ0v) is 11.8. The van der Waals surface area contributed by atoms with Gasteiger partial charge in [0, 0.05) is 6.54 Å². The van der Waals surface area contributed by atoms with Crippen LogP contribution in [0.25, 0.3) is 0 Å². The summed E-state index contributed by atoms with van der Waals surface area (Å²) in [5.41, 5.74) is 6.95. The fraction of sp³-hybridized carbons (Fsp3) is 0.235. The number of aliphatic carboxylic acids is 1. The summed E-state index contributed by atoms with van der Waals surface area (Å²) in [6.07, 6.45) is 0.226. The monoisotopic (exact) mass is 287 g/mol. The average molecular weight is 287 g/mol. The van der Waals surface area contributed by atoms with Crippen molar-refractivity contribution in [2.75, 3.05) is 6.54 Å². The van der Waals surface area contributed by atoms with Crippen LogP contribution in [0.15, 0.2) is 48.5 Å². The Kier molecular flexibility index (Phi) is 4.38. The molecule has 4 heteroatoms. The molecule has 0 saturated carbocycles. The van der Waals surface area contributed by atoms with Crippen molar-refractivity contribution in [2.45, 2.75) is 18.8 Å². The van der Waals surface area contributed by atoms with E-state index in [0.717, 1.165) is 11.1 Å². The lowest BCUT2D eigenvalue weighted by Crippen LogP contribution is -2.45. The van der Waals surface area contributed by atoms with Crippen molar-refractivity contribution in [3.8, 4) is 0 Å². The summed E-state index contributed by atoms with van der Waals surface area (Å²) in [6, 6.07) is 13.2. The largest absolute Gasteiger partial charge is 0.481 e. The lowest BCUT2D eigenvalue weighted by atomic mass is 9.74. The van der Waals surface area contributed by atoms with Crippen LogP contribution in [0.1, 0.15) is 16.7 Å². The Hall–Kier alpha value is -2.20. The van der Waals surface area contributed by atoms with Gasteiger partial charge in [-0.3, -0.25) is 4.79 Å². The third kappa shape index (κ3) is 2.95. The van der Waals surface area contributed by atoms with E-state index in [0.29, 0.717) is 5.56 Å². The van der Waals surface area contributed by atoms with E-state index in [2.05, 4.69) is 0 Å². The molecule has 0 spiro atoms. The van der Waals surface area contributed by atoms with Gasteiger partial charge in [-0.25, -0.2) is 4.39 Å². The zero-order valence-electron chi connectivity index (χ0n) is 11.8. The predicted molar refractivity (Wildman–Crippen MR) is 79.7 cm³/mol. The minimum absolute atomic E-state index is 0.0233. The average Bonchev–Trinajstić information content (AvgIpc) is 2.47. The third-order valence-corrected chi connectivity index (χ3v) is 3.84. The number of carbonyl (C=O) groups is 1. The maximum atomic E-state index is 13.0. The van der Waals surface area contributed by atoms with Crippen LogP contribution in [0, 0.1) is 12.7 Å². The van der Waals surface area contributed by atoms with Gasteiger partial charge in [-0.1, -0.05) is 36.4 Å². The molecule has 0 bridgehead atoms. The first-order valence-corrected chi connectivity index (χ1v) is 6.73. The Morgan fingerprint density at radius 1 is 1.19 bits per heavy atom. The molecule has 2 aromatic rings. The number of benzene rings is 2. The van der Waals surface area contributed by atoms with Gasteiger partial charge in [0.2, 0.25) is 0 Å².